The molecular formula is C15H21N3O4. The summed E-state index contributed by atoms with van der Waals surface area (Å²) < 4.78 is 0. The molecule has 1 aromatic rings. The molecule has 0 unspecified atom stereocenters. The number of nitrogens with zero attached hydrogens (tertiary/aromatic N) is 1. The highest BCUT2D eigenvalue weighted by Gasteiger charge is 2.35. The summed E-state index contributed by atoms with van der Waals surface area (Å²) in [6, 6.07) is 6.36. The largest absolute Gasteiger partial charge is 0.393 e. The molecule has 0 spiro atoms. The van der Waals surface area contributed by atoms with Crippen molar-refractivity contribution < 1.29 is 19.8 Å². The number of nitrogens with two attached hydrogens (primary N) is 1. The molecule has 1 aromatic carbocycles. The van der Waals surface area contributed by atoms with Gasteiger partial charge in [-0.25, -0.2) is 0 Å². The van der Waals surface area contributed by atoms with Crippen molar-refractivity contribution in [2.75, 3.05) is 31.6 Å². The lowest BCUT2D eigenvalue weighted by molar-refractivity contribution is -0.116. The van der Waals surface area contributed by atoms with Crippen LogP contribution in [0.15, 0.2) is 24.3 Å². The Hall–Kier alpha value is -1.96. The van der Waals surface area contributed by atoms with Crippen LogP contribution in [0.4, 0.5) is 5.69 Å². The van der Waals surface area contributed by atoms with Crippen molar-refractivity contribution in [2.45, 2.75) is 18.4 Å². The fourth-order valence-electron chi connectivity index (χ4n) is 2.46. The monoisotopic (exact) mass is 307 g/mol. The van der Waals surface area contributed by atoms with Gasteiger partial charge in [0, 0.05) is 37.3 Å². The van der Waals surface area contributed by atoms with Crippen molar-refractivity contribution in [3.8, 4) is 0 Å². The van der Waals surface area contributed by atoms with Gasteiger partial charge in [-0.05, 0) is 30.7 Å². The van der Waals surface area contributed by atoms with Crippen LogP contribution in [-0.2, 0) is 4.79 Å². The first-order valence-corrected chi connectivity index (χ1v) is 7.17. The van der Waals surface area contributed by atoms with Gasteiger partial charge in [0.05, 0.1) is 6.61 Å². The van der Waals surface area contributed by atoms with Gasteiger partial charge in [-0.2, -0.15) is 0 Å². The van der Waals surface area contributed by atoms with E-state index >= 15 is 0 Å². The van der Waals surface area contributed by atoms with Crippen LogP contribution in [0.5, 0.6) is 0 Å². The summed E-state index contributed by atoms with van der Waals surface area (Å²) in [4.78, 5) is 24.8. The molecule has 5 N–H and O–H groups in total. The lowest BCUT2D eigenvalue weighted by atomic mass is 10.1. The molecule has 1 aliphatic heterocycles. The fourth-order valence-corrected chi connectivity index (χ4v) is 2.46. The van der Waals surface area contributed by atoms with Crippen LogP contribution in [-0.4, -0.2) is 58.8 Å². The van der Waals surface area contributed by atoms with Crippen molar-refractivity contribution in [2.24, 2.45) is 5.73 Å². The summed E-state index contributed by atoms with van der Waals surface area (Å²) in [6.45, 7) is 1.30. The van der Waals surface area contributed by atoms with Gasteiger partial charge in [-0.3, -0.25) is 14.5 Å². The normalized spacial score (nSPS) is 21.7. The van der Waals surface area contributed by atoms with E-state index < -0.39 is 11.5 Å². The Labute approximate surface area is 128 Å². The number of aliphatic hydroxyl groups is 2. The maximum Gasteiger partial charge on any atom is 0.248 e. The summed E-state index contributed by atoms with van der Waals surface area (Å²) >= 11 is 0. The van der Waals surface area contributed by atoms with Gasteiger partial charge in [-0.15, -0.1) is 0 Å². The fraction of sp³-hybridized carbons (Fsp3) is 0.467. The summed E-state index contributed by atoms with van der Waals surface area (Å²) in [6.07, 6.45) is 0.804. The molecule has 2 amide bonds. The Morgan fingerprint density at radius 3 is 2.55 bits per heavy atom. The molecule has 1 saturated heterocycles. The predicted octanol–water partition coefficient (Wildman–Crippen LogP) is -0.457. The second-order valence-electron chi connectivity index (χ2n) is 5.65. The van der Waals surface area contributed by atoms with Crippen LogP contribution in [0.3, 0.4) is 0 Å². The minimum absolute atomic E-state index is 0.147. The third-order valence-electron chi connectivity index (χ3n) is 3.81. The van der Waals surface area contributed by atoms with Crippen molar-refractivity contribution in [3.63, 3.8) is 0 Å². The zero-order valence-electron chi connectivity index (χ0n) is 12.3. The Bertz CT molecular complexity index is 546. The first-order valence-electron chi connectivity index (χ1n) is 7.17. The van der Waals surface area contributed by atoms with E-state index in [0.717, 1.165) is 0 Å². The Kier molecular flexibility index (Phi) is 5.12. The number of hydrogen-bond acceptors (Lipinski definition) is 5. The first-order chi connectivity index (χ1) is 10.4. The minimum Gasteiger partial charge on any atom is -0.393 e. The van der Waals surface area contributed by atoms with Gasteiger partial charge in [0.1, 0.15) is 5.60 Å². The van der Waals surface area contributed by atoms with Gasteiger partial charge in [0.15, 0.2) is 0 Å². The Balaban J connectivity index is 1.77. The van der Waals surface area contributed by atoms with E-state index in [4.69, 9.17) is 10.8 Å². The third kappa shape index (κ3) is 4.27. The van der Waals surface area contributed by atoms with Crippen LogP contribution in [0.2, 0.25) is 0 Å². The number of anilines is 1. The van der Waals surface area contributed by atoms with Crippen LogP contribution in [0, 0.1) is 0 Å². The Morgan fingerprint density at radius 2 is 2.00 bits per heavy atom. The van der Waals surface area contributed by atoms with Crippen LogP contribution in [0.1, 0.15) is 23.2 Å². The van der Waals surface area contributed by atoms with E-state index in [2.05, 4.69) is 5.32 Å². The molecule has 7 heteroatoms. The van der Waals surface area contributed by atoms with Gasteiger partial charge in [0.2, 0.25) is 11.8 Å². The number of primary amides is 1. The zero-order valence-corrected chi connectivity index (χ0v) is 12.3. The first kappa shape index (κ1) is 16.4. The maximum absolute atomic E-state index is 11.9. The second-order valence-corrected chi connectivity index (χ2v) is 5.65. The van der Waals surface area contributed by atoms with Gasteiger partial charge in [-0.1, -0.05) is 0 Å². The van der Waals surface area contributed by atoms with Crippen molar-refractivity contribution in [1.82, 2.24) is 4.90 Å². The number of likely N-dealkylation sites (tertiary alicyclic amines) is 1. The molecule has 120 valence electrons. The topological polar surface area (TPSA) is 116 Å². The molecule has 7 nitrogen and oxygen atoms in total. The highest BCUT2D eigenvalue weighted by Crippen LogP contribution is 2.20. The number of nitrogens with one attached hydrogen (secondary N) is 1. The lowest BCUT2D eigenvalue weighted by Gasteiger charge is -2.20. The number of benzene rings is 1. The average Bonchev–Trinajstić information content (AvgIpc) is 2.88. The van der Waals surface area contributed by atoms with E-state index in [1.54, 1.807) is 24.3 Å². The van der Waals surface area contributed by atoms with Crippen molar-refractivity contribution in [3.05, 3.63) is 29.8 Å². The summed E-state index contributed by atoms with van der Waals surface area (Å²) in [5.74, 6) is -0.658. The third-order valence-corrected chi connectivity index (χ3v) is 3.81. The van der Waals surface area contributed by atoms with Gasteiger partial charge >= 0.3 is 0 Å². The number of hydrogen-bond donors (Lipinski definition) is 4. The number of amides is 2. The minimum atomic E-state index is -1.04. The van der Waals surface area contributed by atoms with E-state index in [0.29, 0.717) is 43.7 Å². The maximum atomic E-state index is 11.9. The summed E-state index contributed by atoms with van der Waals surface area (Å²) in [7, 11) is 0. The molecule has 1 atom stereocenters. The van der Waals surface area contributed by atoms with Crippen LogP contribution < -0.4 is 11.1 Å². The molecule has 2 rings (SSSR count). The Morgan fingerprint density at radius 1 is 1.32 bits per heavy atom. The smallest absolute Gasteiger partial charge is 0.248 e. The molecule has 1 aliphatic rings. The number of carbonyl (C=O) groups is 2. The number of carbonyl (C=O) groups excluding carboxylic acids is 2. The van der Waals surface area contributed by atoms with Crippen molar-refractivity contribution in [1.29, 1.82) is 0 Å². The molecular weight excluding hydrogens is 286 g/mol. The standard InChI is InChI=1S/C15H21N3O4/c16-14(21)11-1-3-12(4-2-11)17-13(20)5-7-18-8-6-15(22,9-18)10-19/h1-4,19,22H,5-10H2,(H2,16,21)(H,17,20)/t15-/m1/s1. The molecule has 0 aromatic heterocycles. The van der Waals surface area contributed by atoms with E-state index in [1.165, 1.54) is 0 Å². The molecule has 0 radical (unpaired) electrons. The molecule has 1 fully saturated rings. The van der Waals surface area contributed by atoms with Crippen LogP contribution in [0.25, 0.3) is 0 Å². The van der Waals surface area contributed by atoms with E-state index in [9.17, 15) is 14.7 Å². The molecule has 22 heavy (non-hydrogen) atoms. The second kappa shape index (κ2) is 6.87. The van der Waals surface area contributed by atoms with Gasteiger partial charge < -0.3 is 21.3 Å². The number of aliphatic hydroxyl groups excluding tert-OH is 1. The quantitative estimate of drug-likeness (QED) is 0.568. The lowest BCUT2D eigenvalue weighted by Crippen LogP contribution is -2.37. The highest BCUT2D eigenvalue weighted by atomic mass is 16.3. The zero-order chi connectivity index (χ0) is 16.2. The van der Waals surface area contributed by atoms with Crippen molar-refractivity contribution >= 4 is 17.5 Å². The number of rotatable bonds is 6. The van der Waals surface area contributed by atoms with Gasteiger partial charge in [0.25, 0.3) is 0 Å². The summed E-state index contributed by atoms with van der Waals surface area (Å²) in [5.41, 5.74) is 5.09. The SMILES string of the molecule is NC(=O)c1ccc(NC(=O)CCN2CC[C@](O)(CO)C2)cc1. The van der Waals surface area contributed by atoms with E-state index in [1.807, 2.05) is 4.90 Å². The average molecular weight is 307 g/mol. The highest BCUT2D eigenvalue weighted by molar-refractivity contribution is 5.94. The molecule has 0 aliphatic carbocycles. The molecule has 0 bridgehead atoms. The molecule has 1 heterocycles. The van der Waals surface area contributed by atoms with E-state index in [-0.39, 0.29) is 12.5 Å². The predicted molar refractivity (Wildman–Crippen MR) is 81.3 cm³/mol. The molecule has 0 saturated carbocycles. The summed E-state index contributed by atoms with van der Waals surface area (Å²) in [5, 5.41) is 21.7. The number of β-amino-alcohol motifs (C(OH)–C–C–N with tert-alkyl or cyclic N) is 1. The van der Waals surface area contributed by atoms with Crippen LogP contribution >= 0.6 is 0 Å².